The molecular weight excluding hydrogens is 257 g/mol. The molecule has 0 fully saturated rings. The van der Waals surface area contributed by atoms with E-state index in [4.69, 9.17) is 9.47 Å². The summed E-state index contributed by atoms with van der Waals surface area (Å²) in [5, 5.41) is 3.12. The summed E-state index contributed by atoms with van der Waals surface area (Å²) in [6.07, 6.45) is 0. The Kier molecular flexibility index (Phi) is 4.58. The summed E-state index contributed by atoms with van der Waals surface area (Å²) in [5.41, 5.74) is 3.01. The fourth-order valence-electron chi connectivity index (χ4n) is 2.16. The van der Waals surface area contributed by atoms with Crippen LogP contribution in [0.1, 0.15) is 5.56 Å². The van der Waals surface area contributed by atoms with Crippen LogP contribution in [0.2, 0.25) is 0 Å². The number of ether oxygens (including phenoxy) is 2. The number of halogens is 1. The Morgan fingerprint density at radius 3 is 2.15 bits per heavy atom. The first-order valence-electron chi connectivity index (χ1n) is 6.35. The molecule has 2 aromatic carbocycles. The summed E-state index contributed by atoms with van der Waals surface area (Å²) < 4.78 is 23.7. The summed E-state index contributed by atoms with van der Waals surface area (Å²) in [6, 6.07) is 10.3. The van der Waals surface area contributed by atoms with E-state index >= 15 is 0 Å². The van der Waals surface area contributed by atoms with Crippen molar-refractivity contribution >= 4 is 0 Å². The zero-order valence-corrected chi connectivity index (χ0v) is 11.9. The van der Waals surface area contributed by atoms with Crippen LogP contribution in [-0.4, -0.2) is 21.3 Å². The van der Waals surface area contributed by atoms with Gasteiger partial charge in [-0.2, -0.15) is 0 Å². The number of hydrogen-bond donors (Lipinski definition) is 1. The molecule has 2 aromatic rings. The molecule has 0 aromatic heterocycles. The standard InChI is InChI=1S/C16H18FNO2/c1-18-10-12-8-15(19-2)16(20-3)9-14(12)11-4-6-13(17)7-5-11/h4-9,18H,10H2,1-3H3. The Balaban J connectivity index is 2.56. The summed E-state index contributed by atoms with van der Waals surface area (Å²) >= 11 is 0. The predicted molar refractivity (Wildman–Crippen MR) is 77.7 cm³/mol. The average Bonchev–Trinajstić information content (AvgIpc) is 2.48. The molecule has 0 radical (unpaired) electrons. The van der Waals surface area contributed by atoms with Crippen molar-refractivity contribution in [3.63, 3.8) is 0 Å². The molecule has 20 heavy (non-hydrogen) atoms. The monoisotopic (exact) mass is 275 g/mol. The van der Waals surface area contributed by atoms with E-state index in [2.05, 4.69) is 5.32 Å². The molecule has 2 rings (SSSR count). The van der Waals surface area contributed by atoms with Crippen molar-refractivity contribution in [2.45, 2.75) is 6.54 Å². The second kappa shape index (κ2) is 6.39. The van der Waals surface area contributed by atoms with Crippen LogP contribution in [0.15, 0.2) is 36.4 Å². The highest BCUT2D eigenvalue weighted by Gasteiger charge is 2.12. The second-order valence-corrected chi connectivity index (χ2v) is 4.40. The number of rotatable bonds is 5. The average molecular weight is 275 g/mol. The number of benzene rings is 2. The minimum Gasteiger partial charge on any atom is -0.493 e. The molecule has 0 saturated heterocycles. The highest BCUT2D eigenvalue weighted by Crippen LogP contribution is 2.35. The van der Waals surface area contributed by atoms with Crippen molar-refractivity contribution in [3.8, 4) is 22.6 Å². The third-order valence-corrected chi connectivity index (χ3v) is 3.13. The Labute approximate surface area is 118 Å². The fraction of sp³-hybridized carbons (Fsp3) is 0.250. The first kappa shape index (κ1) is 14.3. The van der Waals surface area contributed by atoms with E-state index in [1.54, 1.807) is 26.4 Å². The van der Waals surface area contributed by atoms with Gasteiger partial charge in [-0.3, -0.25) is 0 Å². The molecule has 3 nitrogen and oxygen atoms in total. The van der Waals surface area contributed by atoms with Gasteiger partial charge in [0.15, 0.2) is 11.5 Å². The van der Waals surface area contributed by atoms with Gasteiger partial charge in [0.2, 0.25) is 0 Å². The summed E-state index contributed by atoms with van der Waals surface area (Å²) in [5.74, 6) is 1.10. The lowest BCUT2D eigenvalue weighted by Crippen LogP contribution is -2.07. The van der Waals surface area contributed by atoms with Crippen molar-refractivity contribution in [2.24, 2.45) is 0 Å². The Bertz CT molecular complexity index is 582. The molecule has 0 unspecified atom stereocenters. The van der Waals surface area contributed by atoms with Gasteiger partial charge in [-0.25, -0.2) is 4.39 Å². The Morgan fingerprint density at radius 1 is 1.00 bits per heavy atom. The van der Waals surface area contributed by atoms with Gasteiger partial charge in [-0.05, 0) is 48.0 Å². The van der Waals surface area contributed by atoms with Crippen molar-refractivity contribution in [2.75, 3.05) is 21.3 Å². The van der Waals surface area contributed by atoms with Crippen molar-refractivity contribution < 1.29 is 13.9 Å². The number of methoxy groups -OCH3 is 2. The van der Waals surface area contributed by atoms with Gasteiger partial charge in [-0.15, -0.1) is 0 Å². The molecule has 106 valence electrons. The topological polar surface area (TPSA) is 30.5 Å². The molecule has 0 aliphatic heterocycles. The lowest BCUT2D eigenvalue weighted by molar-refractivity contribution is 0.354. The molecule has 0 heterocycles. The third-order valence-electron chi connectivity index (χ3n) is 3.13. The van der Waals surface area contributed by atoms with Crippen LogP contribution in [0, 0.1) is 5.82 Å². The third kappa shape index (κ3) is 2.91. The molecule has 0 amide bonds. The van der Waals surface area contributed by atoms with Crippen molar-refractivity contribution in [1.82, 2.24) is 5.32 Å². The van der Waals surface area contributed by atoms with E-state index < -0.39 is 0 Å². The maximum atomic E-state index is 13.1. The number of hydrogen-bond acceptors (Lipinski definition) is 3. The molecule has 1 N–H and O–H groups in total. The van der Waals surface area contributed by atoms with Gasteiger partial charge in [0.25, 0.3) is 0 Å². The lowest BCUT2D eigenvalue weighted by Gasteiger charge is -2.15. The largest absolute Gasteiger partial charge is 0.493 e. The van der Waals surface area contributed by atoms with Gasteiger partial charge >= 0.3 is 0 Å². The lowest BCUT2D eigenvalue weighted by atomic mass is 9.98. The van der Waals surface area contributed by atoms with Crippen LogP contribution in [-0.2, 0) is 6.54 Å². The Hall–Kier alpha value is -2.07. The first-order valence-corrected chi connectivity index (χ1v) is 6.35. The van der Waals surface area contributed by atoms with Crippen LogP contribution >= 0.6 is 0 Å². The maximum Gasteiger partial charge on any atom is 0.161 e. The zero-order chi connectivity index (χ0) is 14.5. The second-order valence-electron chi connectivity index (χ2n) is 4.40. The minimum atomic E-state index is -0.246. The van der Waals surface area contributed by atoms with Gasteiger partial charge in [-0.1, -0.05) is 12.1 Å². The predicted octanol–water partition coefficient (Wildman–Crippen LogP) is 3.23. The van der Waals surface area contributed by atoms with Crippen LogP contribution in [0.3, 0.4) is 0 Å². The van der Waals surface area contributed by atoms with Gasteiger partial charge < -0.3 is 14.8 Å². The first-order chi connectivity index (χ1) is 9.69. The minimum absolute atomic E-state index is 0.246. The summed E-state index contributed by atoms with van der Waals surface area (Å²) in [4.78, 5) is 0. The maximum absolute atomic E-state index is 13.1. The van der Waals surface area contributed by atoms with E-state index in [-0.39, 0.29) is 5.82 Å². The SMILES string of the molecule is CNCc1cc(OC)c(OC)cc1-c1ccc(F)cc1. The molecule has 0 saturated carbocycles. The van der Waals surface area contributed by atoms with E-state index in [0.29, 0.717) is 18.0 Å². The van der Waals surface area contributed by atoms with E-state index in [1.807, 2.05) is 19.2 Å². The molecule has 0 bridgehead atoms. The molecule has 0 atom stereocenters. The van der Waals surface area contributed by atoms with E-state index in [9.17, 15) is 4.39 Å². The van der Waals surface area contributed by atoms with Crippen LogP contribution in [0.5, 0.6) is 11.5 Å². The molecule has 0 spiro atoms. The zero-order valence-electron chi connectivity index (χ0n) is 11.9. The van der Waals surface area contributed by atoms with Gasteiger partial charge in [0, 0.05) is 6.54 Å². The molecule has 0 aliphatic carbocycles. The number of nitrogens with one attached hydrogen (secondary N) is 1. The summed E-state index contributed by atoms with van der Waals surface area (Å²) in [6.45, 7) is 0.688. The highest BCUT2D eigenvalue weighted by molar-refractivity contribution is 5.71. The Morgan fingerprint density at radius 2 is 1.60 bits per heavy atom. The normalized spacial score (nSPS) is 10.4. The highest BCUT2D eigenvalue weighted by atomic mass is 19.1. The summed E-state index contributed by atoms with van der Waals surface area (Å²) in [7, 11) is 5.09. The van der Waals surface area contributed by atoms with Gasteiger partial charge in [0.1, 0.15) is 5.82 Å². The van der Waals surface area contributed by atoms with Crippen molar-refractivity contribution in [3.05, 3.63) is 47.8 Å². The van der Waals surface area contributed by atoms with Gasteiger partial charge in [0.05, 0.1) is 14.2 Å². The van der Waals surface area contributed by atoms with Crippen LogP contribution in [0.4, 0.5) is 4.39 Å². The molecular formula is C16H18FNO2. The fourth-order valence-corrected chi connectivity index (χ4v) is 2.16. The quantitative estimate of drug-likeness (QED) is 0.908. The smallest absolute Gasteiger partial charge is 0.161 e. The van der Waals surface area contributed by atoms with Crippen LogP contribution < -0.4 is 14.8 Å². The van der Waals surface area contributed by atoms with Crippen molar-refractivity contribution in [1.29, 1.82) is 0 Å². The molecule has 0 aliphatic rings. The van der Waals surface area contributed by atoms with E-state index in [1.165, 1.54) is 12.1 Å². The van der Waals surface area contributed by atoms with Crippen LogP contribution in [0.25, 0.3) is 11.1 Å². The molecule has 4 heteroatoms. The van der Waals surface area contributed by atoms with E-state index in [0.717, 1.165) is 16.7 Å².